The highest BCUT2D eigenvalue weighted by Gasteiger charge is 2.20. The van der Waals surface area contributed by atoms with Crippen LogP contribution in [0.25, 0.3) is 0 Å². The zero-order valence-electron chi connectivity index (χ0n) is 20.7. The Balaban J connectivity index is 1.65. The van der Waals surface area contributed by atoms with Crippen LogP contribution in [0, 0.1) is 0 Å². The van der Waals surface area contributed by atoms with Gasteiger partial charge >= 0.3 is 5.97 Å². The molecule has 0 radical (unpaired) electrons. The summed E-state index contributed by atoms with van der Waals surface area (Å²) >= 11 is 0. The molecule has 0 bridgehead atoms. The Bertz CT molecular complexity index is 812. The van der Waals surface area contributed by atoms with E-state index in [1.54, 1.807) is 36.4 Å². The Morgan fingerprint density at radius 2 is 1.15 bits per heavy atom. The third-order valence-corrected chi connectivity index (χ3v) is 6.20. The van der Waals surface area contributed by atoms with Crippen molar-refractivity contribution in [2.45, 2.75) is 103 Å². The predicted octanol–water partition coefficient (Wildman–Crippen LogP) is 8.55. The molecule has 0 spiro atoms. The zero-order chi connectivity index (χ0) is 23.7. The number of benzene rings is 2. The van der Waals surface area contributed by atoms with Gasteiger partial charge in [-0.1, -0.05) is 126 Å². The van der Waals surface area contributed by atoms with Crippen LogP contribution < -0.4 is 0 Å². The molecule has 3 nitrogen and oxygen atoms in total. The highest BCUT2D eigenvalue weighted by molar-refractivity contribution is 6.14. The molecule has 2 rings (SSSR count). The van der Waals surface area contributed by atoms with Gasteiger partial charge in [-0.2, -0.15) is 0 Å². The molecule has 3 heteroatoms. The van der Waals surface area contributed by atoms with Crippen LogP contribution in [0.3, 0.4) is 0 Å². The standard InChI is InChI=1S/C30H42O3/c1-3-4-5-6-7-8-9-10-11-12-13-15-20-25(2)33-30(32)28-24-19-18-23-27(28)29(31)26-21-16-14-17-22-26/h14,16-19,21-25H,3-13,15,20H2,1-2H3. The summed E-state index contributed by atoms with van der Waals surface area (Å²) in [4.78, 5) is 25.6. The summed E-state index contributed by atoms with van der Waals surface area (Å²) < 4.78 is 5.67. The summed E-state index contributed by atoms with van der Waals surface area (Å²) in [5.74, 6) is -0.571. The second-order valence-electron chi connectivity index (χ2n) is 9.13. The lowest BCUT2D eigenvalue weighted by atomic mass is 9.98. The highest BCUT2D eigenvalue weighted by atomic mass is 16.5. The molecule has 0 amide bonds. The summed E-state index contributed by atoms with van der Waals surface area (Å²) in [7, 11) is 0. The first-order valence-electron chi connectivity index (χ1n) is 13.0. The molecule has 1 atom stereocenters. The van der Waals surface area contributed by atoms with Gasteiger partial charge in [0.2, 0.25) is 0 Å². The van der Waals surface area contributed by atoms with E-state index in [1.807, 2.05) is 25.1 Å². The number of ether oxygens (including phenoxy) is 1. The normalized spacial score (nSPS) is 11.8. The number of carbonyl (C=O) groups is 2. The number of unbranched alkanes of at least 4 members (excludes halogenated alkanes) is 11. The lowest BCUT2D eigenvalue weighted by Gasteiger charge is -2.15. The van der Waals surface area contributed by atoms with E-state index in [1.165, 1.54) is 70.6 Å². The Hall–Kier alpha value is -2.42. The third kappa shape index (κ3) is 10.4. The van der Waals surface area contributed by atoms with Gasteiger partial charge in [-0.25, -0.2) is 4.79 Å². The molecule has 33 heavy (non-hydrogen) atoms. The third-order valence-electron chi connectivity index (χ3n) is 6.20. The smallest absolute Gasteiger partial charge is 0.339 e. The number of rotatable bonds is 17. The van der Waals surface area contributed by atoms with Crippen LogP contribution in [-0.2, 0) is 4.74 Å². The summed E-state index contributed by atoms with van der Waals surface area (Å²) in [5, 5.41) is 0. The number of esters is 1. The second kappa shape index (κ2) is 16.2. The van der Waals surface area contributed by atoms with Crippen LogP contribution in [0.5, 0.6) is 0 Å². The van der Waals surface area contributed by atoms with Crippen molar-refractivity contribution in [1.82, 2.24) is 0 Å². The highest BCUT2D eigenvalue weighted by Crippen LogP contribution is 2.18. The maximum atomic E-state index is 12.8. The van der Waals surface area contributed by atoms with Gasteiger partial charge in [-0.05, 0) is 25.8 Å². The van der Waals surface area contributed by atoms with Crippen LogP contribution in [-0.4, -0.2) is 17.9 Å². The van der Waals surface area contributed by atoms with Gasteiger partial charge in [-0.15, -0.1) is 0 Å². The first-order chi connectivity index (χ1) is 16.1. The molecule has 0 fully saturated rings. The molecule has 0 aliphatic carbocycles. The average Bonchev–Trinajstić information content (AvgIpc) is 2.84. The van der Waals surface area contributed by atoms with Crippen LogP contribution in [0.1, 0.15) is 124 Å². The van der Waals surface area contributed by atoms with E-state index in [0.717, 1.165) is 12.8 Å². The predicted molar refractivity (Wildman–Crippen MR) is 137 cm³/mol. The van der Waals surface area contributed by atoms with Gasteiger partial charge in [0.25, 0.3) is 0 Å². The van der Waals surface area contributed by atoms with Gasteiger partial charge in [0.1, 0.15) is 0 Å². The molecule has 0 aliphatic heterocycles. The van der Waals surface area contributed by atoms with Gasteiger partial charge in [0.15, 0.2) is 5.78 Å². The van der Waals surface area contributed by atoms with Gasteiger partial charge in [-0.3, -0.25) is 4.79 Å². The Labute approximate surface area is 200 Å². The molecule has 1 unspecified atom stereocenters. The van der Waals surface area contributed by atoms with Crippen LogP contribution in [0.15, 0.2) is 54.6 Å². The molecule has 0 saturated carbocycles. The summed E-state index contributed by atoms with van der Waals surface area (Å²) in [5.41, 5.74) is 1.31. The van der Waals surface area contributed by atoms with Crippen molar-refractivity contribution in [2.24, 2.45) is 0 Å². The number of ketones is 1. The Morgan fingerprint density at radius 1 is 0.667 bits per heavy atom. The summed E-state index contributed by atoms with van der Waals surface area (Å²) in [6.07, 6.45) is 16.5. The molecular weight excluding hydrogens is 408 g/mol. The maximum absolute atomic E-state index is 12.8. The van der Waals surface area contributed by atoms with E-state index in [-0.39, 0.29) is 11.9 Å². The van der Waals surface area contributed by atoms with E-state index in [0.29, 0.717) is 16.7 Å². The SMILES string of the molecule is CCCCCCCCCCCCCCC(C)OC(=O)c1ccccc1C(=O)c1ccccc1. The van der Waals surface area contributed by atoms with E-state index < -0.39 is 5.97 Å². The average molecular weight is 451 g/mol. The van der Waals surface area contributed by atoms with Crippen molar-refractivity contribution in [3.05, 3.63) is 71.3 Å². The maximum Gasteiger partial charge on any atom is 0.339 e. The van der Waals surface area contributed by atoms with Gasteiger partial charge in [0, 0.05) is 11.1 Å². The molecule has 180 valence electrons. The van der Waals surface area contributed by atoms with Crippen molar-refractivity contribution in [1.29, 1.82) is 0 Å². The first kappa shape index (κ1) is 26.8. The zero-order valence-corrected chi connectivity index (χ0v) is 20.7. The largest absolute Gasteiger partial charge is 0.459 e. The van der Waals surface area contributed by atoms with Gasteiger partial charge in [0.05, 0.1) is 11.7 Å². The van der Waals surface area contributed by atoms with Crippen LogP contribution >= 0.6 is 0 Å². The van der Waals surface area contributed by atoms with Crippen molar-refractivity contribution >= 4 is 11.8 Å². The molecule has 0 saturated heterocycles. The first-order valence-corrected chi connectivity index (χ1v) is 13.0. The van der Waals surface area contributed by atoms with Crippen molar-refractivity contribution in [2.75, 3.05) is 0 Å². The number of hydrogen-bond acceptors (Lipinski definition) is 3. The molecule has 2 aromatic carbocycles. The fraction of sp³-hybridized carbons (Fsp3) is 0.533. The fourth-order valence-corrected chi connectivity index (χ4v) is 4.18. The minimum absolute atomic E-state index is 0.152. The van der Waals surface area contributed by atoms with Crippen LogP contribution in [0.2, 0.25) is 0 Å². The van der Waals surface area contributed by atoms with Crippen molar-refractivity contribution in [3.63, 3.8) is 0 Å². The van der Waals surface area contributed by atoms with E-state index in [9.17, 15) is 9.59 Å². The van der Waals surface area contributed by atoms with Gasteiger partial charge < -0.3 is 4.74 Å². The fourth-order valence-electron chi connectivity index (χ4n) is 4.18. The Kier molecular flexibility index (Phi) is 13.2. The lowest BCUT2D eigenvalue weighted by Crippen LogP contribution is -2.18. The summed E-state index contributed by atoms with van der Waals surface area (Å²) in [6, 6.07) is 16.0. The summed E-state index contributed by atoms with van der Waals surface area (Å²) in [6.45, 7) is 4.21. The molecule has 0 heterocycles. The number of carbonyl (C=O) groups excluding carboxylic acids is 2. The molecular formula is C30H42O3. The molecule has 2 aromatic rings. The minimum atomic E-state index is -0.415. The van der Waals surface area contributed by atoms with Crippen molar-refractivity contribution < 1.29 is 14.3 Å². The van der Waals surface area contributed by atoms with E-state index in [2.05, 4.69) is 6.92 Å². The lowest BCUT2D eigenvalue weighted by molar-refractivity contribution is 0.0317. The van der Waals surface area contributed by atoms with E-state index in [4.69, 9.17) is 4.74 Å². The quantitative estimate of drug-likeness (QED) is 0.138. The van der Waals surface area contributed by atoms with Crippen LogP contribution in [0.4, 0.5) is 0 Å². The van der Waals surface area contributed by atoms with Crippen molar-refractivity contribution in [3.8, 4) is 0 Å². The monoisotopic (exact) mass is 450 g/mol. The molecule has 0 aromatic heterocycles. The van der Waals surface area contributed by atoms with E-state index >= 15 is 0 Å². The Morgan fingerprint density at radius 3 is 1.73 bits per heavy atom. The molecule has 0 aliphatic rings. The molecule has 0 N–H and O–H groups in total. The minimum Gasteiger partial charge on any atom is -0.459 e. The second-order valence-corrected chi connectivity index (χ2v) is 9.13. The number of hydrogen-bond donors (Lipinski definition) is 0. The topological polar surface area (TPSA) is 43.4 Å².